The van der Waals surface area contributed by atoms with Crippen molar-refractivity contribution >= 4 is 34.8 Å². The van der Waals surface area contributed by atoms with Crippen LogP contribution in [-0.4, -0.2) is 81.3 Å². The number of non-ortho nitro benzene ring substituents is 1. The molecule has 3 atom stereocenters. The van der Waals surface area contributed by atoms with Gasteiger partial charge in [-0.3, -0.25) is 14.9 Å². The molecule has 0 saturated carbocycles. The SMILES string of the molecule is C=CCOC(=O)N(C)CC[C@@H](O)[C@@H]1C[C@H](SC(C)=O)CN1C(=O)OCc1ccc([N+](=O)[O-])cc1. The zero-order valence-corrected chi connectivity index (χ0v) is 19.9. The molecule has 0 radical (unpaired) electrons. The fourth-order valence-corrected chi connectivity index (χ4v) is 4.51. The summed E-state index contributed by atoms with van der Waals surface area (Å²) in [6.45, 7) is 5.32. The molecule has 1 aromatic carbocycles. The second-order valence-electron chi connectivity index (χ2n) is 7.81. The molecule has 0 unspecified atom stereocenters. The first kappa shape index (κ1) is 27.1. The number of carbonyl (C=O) groups excluding carboxylic acids is 3. The first-order chi connectivity index (χ1) is 16.1. The molecule has 0 aromatic heterocycles. The van der Waals surface area contributed by atoms with E-state index in [2.05, 4.69) is 6.58 Å². The Morgan fingerprint density at radius 3 is 2.62 bits per heavy atom. The van der Waals surface area contributed by atoms with Crippen LogP contribution in [0.25, 0.3) is 0 Å². The Bertz CT molecular complexity index is 895. The highest BCUT2D eigenvalue weighted by Gasteiger charge is 2.41. The third-order valence-electron chi connectivity index (χ3n) is 5.22. The molecule has 1 aromatic rings. The Balaban J connectivity index is 1.99. The number of hydrogen-bond donors (Lipinski definition) is 1. The number of nitro groups is 1. The summed E-state index contributed by atoms with van der Waals surface area (Å²) in [6.07, 6.45) is -0.141. The molecule has 1 N–H and O–H groups in total. The van der Waals surface area contributed by atoms with Crippen molar-refractivity contribution in [2.45, 2.75) is 43.8 Å². The average molecular weight is 496 g/mol. The number of benzene rings is 1. The quantitative estimate of drug-likeness (QED) is 0.295. The summed E-state index contributed by atoms with van der Waals surface area (Å²) in [5, 5.41) is 21.3. The number of hydrogen-bond acceptors (Lipinski definition) is 9. The van der Waals surface area contributed by atoms with E-state index < -0.39 is 29.3 Å². The van der Waals surface area contributed by atoms with Gasteiger partial charge in [0.15, 0.2) is 5.12 Å². The van der Waals surface area contributed by atoms with Crippen LogP contribution in [0.2, 0.25) is 0 Å². The van der Waals surface area contributed by atoms with Gasteiger partial charge >= 0.3 is 12.2 Å². The molecule has 0 bridgehead atoms. The normalized spacial score (nSPS) is 18.1. The van der Waals surface area contributed by atoms with E-state index in [4.69, 9.17) is 9.47 Å². The van der Waals surface area contributed by atoms with Gasteiger partial charge in [0.25, 0.3) is 5.69 Å². The lowest BCUT2D eigenvalue weighted by molar-refractivity contribution is -0.384. The monoisotopic (exact) mass is 495 g/mol. The highest BCUT2D eigenvalue weighted by atomic mass is 32.2. The van der Waals surface area contributed by atoms with E-state index in [-0.39, 0.29) is 48.8 Å². The molecule has 2 amide bonds. The van der Waals surface area contributed by atoms with Gasteiger partial charge in [0.2, 0.25) is 0 Å². The van der Waals surface area contributed by atoms with Crippen LogP contribution in [-0.2, 0) is 20.9 Å². The summed E-state index contributed by atoms with van der Waals surface area (Å²) >= 11 is 1.10. The van der Waals surface area contributed by atoms with Crippen LogP contribution < -0.4 is 0 Å². The van der Waals surface area contributed by atoms with Crippen molar-refractivity contribution in [3.05, 3.63) is 52.6 Å². The molecule has 0 spiro atoms. The highest BCUT2D eigenvalue weighted by molar-refractivity contribution is 8.14. The van der Waals surface area contributed by atoms with Gasteiger partial charge in [-0.05, 0) is 30.5 Å². The van der Waals surface area contributed by atoms with Gasteiger partial charge in [0.1, 0.15) is 13.2 Å². The minimum Gasteiger partial charge on any atom is -0.445 e. The molecule has 1 aliphatic heterocycles. The number of aliphatic hydroxyl groups is 1. The van der Waals surface area contributed by atoms with Crippen molar-refractivity contribution in [2.24, 2.45) is 0 Å². The van der Waals surface area contributed by atoms with Crippen LogP contribution in [0.15, 0.2) is 36.9 Å². The molecule has 1 heterocycles. The van der Waals surface area contributed by atoms with Gasteiger partial charge < -0.3 is 24.4 Å². The zero-order chi connectivity index (χ0) is 25.3. The second-order valence-corrected chi connectivity index (χ2v) is 9.29. The predicted octanol–water partition coefficient (Wildman–Crippen LogP) is 2.96. The van der Waals surface area contributed by atoms with E-state index >= 15 is 0 Å². The number of thioether (sulfide) groups is 1. The second kappa shape index (κ2) is 12.9. The fraction of sp³-hybridized carbons (Fsp3) is 0.500. The smallest absolute Gasteiger partial charge is 0.410 e. The number of rotatable bonds is 10. The molecular formula is C22H29N3O8S. The Morgan fingerprint density at radius 2 is 2.03 bits per heavy atom. The number of nitro benzene ring substituents is 1. The summed E-state index contributed by atoms with van der Waals surface area (Å²) in [4.78, 5) is 49.2. The molecule has 1 fully saturated rings. The lowest BCUT2D eigenvalue weighted by Crippen LogP contribution is -2.44. The van der Waals surface area contributed by atoms with Crippen LogP contribution in [0, 0.1) is 10.1 Å². The largest absolute Gasteiger partial charge is 0.445 e. The summed E-state index contributed by atoms with van der Waals surface area (Å²) < 4.78 is 10.3. The van der Waals surface area contributed by atoms with E-state index in [0.29, 0.717) is 12.0 Å². The molecule has 11 nitrogen and oxygen atoms in total. The van der Waals surface area contributed by atoms with E-state index in [9.17, 15) is 29.6 Å². The lowest BCUT2D eigenvalue weighted by Gasteiger charge is -2.29. The van der Waals surface area contributed by atoms with E-state index in [1.165, 1.54) is 54.1 Å². The molecule has 1 aliphatic rings. The molecule has 0 aliphatic carbocycles. The first-order valence-corrected chi connectivity index (χ1v) is 11.5. The maximum atomic E-state index is 12.8. The fourth-order valence-electron chi connectivity index (χ4n) is 3.51. The molecule has 34 heavy (non-hydrogen) atoms. The molecular weight excluding hydrogens is 466 g/mol. The number of carbonyl (C=O) groups is 3. The number of nitrogens with zero attached hydrogens (tertiary/aromatic N) is 3. The minimum atomic E-state index is -0.959. The van der Waals surface area contributed by atoms with E-state index in [1.54, 1.807) is 0 Å². The summed E-state index contributed by atoms with van der Waals surface area (Å²) in [5.41, 5.74) is 0.504. The zero-order valence-electron chi connectivity index (χ0n) is 19.1. The maximum Gasteiger partial charge on any atom is 0.410 e. The van der Waals surface area contributed by atoms with Crippen LogP contribution in [0.4, 0.5) is 15.3 Å². The Labute approximate surface area is 201 Å². The number of aliphatic hydroxyl groups excluding tert-OH is 1. The van der Waals surface area contributed by atoms with Gasteiger partial charge in [-0.2, -0.15) is 0 Å². The van der Waals surface area contributed by atoms with Crippen LogP contribution in [0.5, 0.6) is 0 Å². The van der Waals surface area contributed by atoms with Crippen molar-refractivity contribution in [3.8, 4) is 0 Å². The van der Waals surface area contributed by atoms with Crippen LogP contribution >= 0.6 is 11.8 Å². The van der Waals surface area contributed by atoms with Gasteiger partial charge in [-0.25, -0.2) is 9.59 Å². The third-order valence-corrected chi connectivity index (χ3v) is 6.23. The van der Waals surface area contributed by atoms with Gasteiger partial charge in [0, 0.05) is 44.4 Å². The molecule has 2 rings (SSSR count). The summed E-state index contributed by atoms with van der Waals surface area (Å²) in [6, 6.07) is 5.04. The number of likely N-dealkylation sites (tertiary alicyclic amines) is 1. The van der Waals surface area contributed by atoms with Crippen LogP contribution in [0.3, 0.4) is 0 Å². The van der Waals surface area contributed by atoms with E-state index in [0.717, 1.165) is 11.8 Å². The average Bonchev–Trinajstić information content (AvgIpc) is 3.22. The Kier molecular flexibility index (Phi) is 10.3. The van der Waals surface area contributed by atoms with Gasteiger partial charge in [-0.15, -0.1) is 0 Å². The maximum absolute atomic E-state index is 12.8. The van der Waals surface area contributed by atoms with E-state index in [1.807, 2.05) is 0 Å². The summed E-state index contributed by atoms with van der Waals surface area (Å²) in [7, 11) is 1.54. The number of amides is 2. The lowest BCUT2D eigenvalue weighted by atomic mass is 10.1. The topological polar surface area (TPSA) is 140 Å². The highest BCUT2D eigenvalue weighted by Crippen LogP contribution is 2.31. The number of ether oxygens (including phenoxy) is 2. The Hall–Kier alpha value is -3.12. The van der Waals surface area contributed by atoms with Crippen molar-refractivity contribution in [2.75, 3.05) is 26.7 Å². The van der Waals surface area contributed by atoms with Crippen molar-refractivity contribution in [3.63, 3.8) is 0 Å². The summed E-state index contributed by atoms with van der Waals surface area (Å²) in [5.74, 6) is 0. The first-order valence-electron chi connectivity index (χ1n) is 10.6. The standard InChI is InChI=1S/C22H29N3O8S/c1-4-11-32-21(28)23(3)10-9-20(27)19-12-18(34-15(2)26)13-24(19)22(29)33-14-16-5-7-17(8-6-16)25(30)31/h4-8,18-20,27H,1,9-14H2,2-3H3/t18-,19-,20+/m0/s1. The molecule has 12 heteroatoms. The van der Waals surface area contributed by atoms with Crippen molar-refractivity contribution < 1.29 is 33.9 Å². The minimum absolute atomic E-state index is 0.0692. The molecule has 186 valence electrons. The molecule has 1 saturated heterocycles. The van der Waals surface area contributed by atoms with Crippen molar-refractivity contribution in [1.29, 1.82) is 0 Å². The third kappa shape index (κ3) is 8.03. The van der Waals surface area contributed by atoms with Gasteiger partial charge in [-0.1, -0.05) is 24.4 Å². The van der Waals surface area contributed by atoms with Gasteiger partial charge in [0.05, 0.1) is 17.1 Å². The Morgan fingerprint density at radius 1 is 1.35 bits per heavy atom. The van der Waals surface area contributed by atoms with Crippen LogP contribution in [0.1, 0.15) is 25.3 Å². The van der Waals surface area contributed by atoms with Crippen molar-refractivity contribution in [1.82, 2.24) is 9.80 Å². The predicted molar refractivity (Wildman–Crippen MR) is 125 cm³/mol.